The quantitative estimate of drug-likeness (QED) is 0.806. The molecule has 4 rings (SSSR count). The van der Waals surface area contributed by atoms with Crippen molar-refractivity contribution in [3.63, 3.8) is 0 Å². The van der Waals surface area contributed by atoms with E-state index in [-0.39, 0.29) is 0 Å². The number of piperidine rings is 1. The van der Waals surface area contributed by atoms with Gasteiger partial charge in [-0.15, -0.1) is 0 Å². The number of imidazole rings is 1. The summed E-state index contributed by atoms with van der Waals surface area (Å²) >= 11 is 0. The van der Waals surface area contributed by atoms with E-state index >= 15 is 0 Å². The maximum atomic E-state index is 5.56. The van der Waals surface area contributed by atoms with Crippen LogP contribution in [-0.4, -0.2) is 65.4 Å². The molecule has 0 N–H and O–H groups in total. The number of anilines is 1. The zero-order valence-corrected chi connectivity index (χ0v) is 17.0. The highest BCUT2D eigenvalue weighted by Gasteiger charge is 2.25. The fourth-order valence-corrected chi connectivity index (χ4v) is 4.42. The van der Waals surface area contributed by atoms with E-state index < -0.39 is 0 Å². The third-order valence-corrected chi connectivity index (χ3v) is 5.98. The van der Waals surface area contributed by atoms with Gasteiger partial charge in [0, 0.05) is 30.7 Å². The first-order valence-electron chi connectivity index (χ1n) is 10.6. The van der Waals surface area contributed by atoms with E-state index in [2.05, 4.69) is 41.2 Å². The number of likely N-dealkylation sites (tertiary alicyclic amines) is 1. The lowest BCUT2D eigenvalue weighted by Crippen LogP contribution is -2.37. The van der Waals surface area contributed by atoms with Crippen molar-refractivity contribution in [2.75, 3.05) is 50.8 Å². The summed E-state index contributed by atoms with van der Waals surface area (Å²) in [6.07, 6.45) is 5.63. The minimum Gasteiger partial charge on any atom is -0.378 e. The molecule has 2 aromatic heterocycles. The Morgan fingerprint density at radius 3 is 2.56 bits per heavy atom. The molecule has 6 heteroatoms. The number of hydrogen-bond donors (Lipinski definition) is 0. The van der Waals surface area contributed by atoms with Gasteiger partial charge in [0.25, 0.3) is 0 Å². The highest BCUT2D eigenvalue weighted by molar-refractivity contribution is 5.87. The number of morpholine rings is 1. The second kappa shape index (κ2) is 8.15. The predicted octanol–water partition coefficient (Wildman–Crippen LogP) is 3.44. The van der Waals surface area contributed by atoms with Crippen LogP contribution in [0, 0.1) is 0 Å². The molecule has 0 spiro atoms. The molecule has 0 atom stereocenters. The Balaban J connectivity index is 1.69. The number of ether oxygens (including phenoxy) is 1. The lowest BCUT2D eigenvalue weighted by Gasteiger charge is -2.33. The summed E-state index contributed by atoms with van der Waals surface area (Å²) < 4.78 is 7.85. The van der Waals surface area contributed by atoms with E-state index in [1.165, 1.54) is 50.1 Å². The third-order valence-electron chi connectivity index (χ3n) is 5.98. The highest BCUT2D eigenvalue weighted by Crippen LogP contribution is 2.33. The van der Waals surface area contributed by atoms with Crippen LogP contribution in [0.15, 0.2) is 12.4 Å². The van der Waals surface area contributed by atoms with Gasteiger partial charge in [0.15, 0.2) is 5.82 Å². The topological polar surface area (TPSA) is 46.4 Å². The minimum atomic E-state index is 0.397. The van der Waals surface area contributed by atoms with Crippen LogP contribution in [0.2, 0.25) is 0 Å². The van der Waals surface area contributed by atoms with Crippen LogP contribution in [0.4, 0.5) is 5.82 Å². The molecule has 0 aliphatic carbocycles. The zero-order valence-electron chi connectivity index (χ0n) is 17.0. The molecule has 2 aliphatic rings. The van der Waals surface area contributed by atoms with Gasteiger partial charge >= 0.3 is 0 Å². The molecule has 0 radical (unpaired) electrons. The first-order valence-corrected chi connectivity index (χ1v) is 10.6. The van der Waals surface area contributed by atoms with Crippen LogP contribution >= 0.6 is 0 Å². The maximum absolute atomic E-state index is 5.56. The Morgan fingerprint density at radius 1 is 1.15 bits per heavy atom. The molecule has 2 saturated heterocycles. The first-order chi connectivity index (χ1) is 13.2. The van der Waals surface area contributed by atoms with Crippen LogP contribution in [0.25, 0.3) is 11.0 Å². The van der Waals surface area contributed by atoms with E-state index in [1.54, 1.807) is 0 Å². The van der Waals surface area contributed by atoms with Crippen LogP contribution < -0.4 is 4.90 Å². The maximum Gasteiger partial charge on any atom is 0.157 e. The molecule has 0 unspecified atom stereocenters. The van der Waals surface area contributed by atoms with Crippen molar-refractivity contribution in [1.82, 2.24) is 19.4 Å². The molecule has 0 saturated carbocycles. The second-order valence-electron chi connectivity index (χ2n) is 8.20. The number of rotatable bonds is 5. The highest BCUT2D eigenvalue weighted by atomic mass is 16.5. The van der Waals surface area contributed by atoms with Crippen LogP contribution in [0.1, 0.15) is 57.7 Å². The van der Waals surface area contributed by atoms with Crippen LogP contribution in [0.5, 0.6) is 0 Å². The lowest BCUT2D eigenvalue weighted by atomic mass is 9.92. The molecule has 2 aromatic rings. The summed E-state index contributed by atoms with van der Waals surface area (Å²) in [5, 5.41) is 0. The average molecular weight is 372 g/mol. The van der Waals surface area contributed by atoms with Crippen molar-refractivity contribution in [3.8, 4) is 0 Å². The summed E-state index contributed by atoms with van der Waals surface area (Å²) in [7, 11) is 0. The molecule has 4 heterocycles. The number of pyridine rings is 1. The zero-order chi connectivity index (χ0) is 18.8. The largest absolute Gasteiger partial charge is 0.378 e. The summed E-state index contributed by atoms with van der Waals surface area (Å²) in [4.78, 5) is 14.9. The van der Waals surface area contributed by atoms with E-state index in [0.717, 1.165) is 37.6 Å². The number of aromatic nitrogens is 3. The van der Waals surface area contributed by atoms with Gasteiger partial charge in [-0.25, -0.2) is 9.97 Å². The van der Waals surface area contributed by atoms with Crippen LogP contribution in [0.3, 0.4) is 0 Å². The summed E-state index contributed by atoms with van der Waals surface area (Å²) in [5.41, 5.74) is 3.52. The van der Waals surface area contributed by atoms with E-state index in [0.29, 0.717) is 12.0 Å². The molecule has 148 valence electrons. The van der Waals surface area contributed by atoms with Gasteiger partial charge in [-0.3, -0.25) is 0 Å². The van der Waals surface area contributed by atoms with E-state index in [1.807, 2.05) is 6.33 Å². The van der Waals surface area contributed by atoms with E-state index in [9.17, 15) is 0 Å². The SMILES string of the molecule is CCCN1CCC(c2cc3c(ncn3C(C)C)c(N3CCOCC3)n2)CC1. The van der Waals surface area contributed by atoms with Gasteiger partial charge in [-0.05, 0) is 58.8 Å². The number of hydrogen-bond acceptors (Lipinski definition) is 5. The van der Waals surface area contributed by atoms with Crippen molar-refractivity contribution >= 4 is 16.9 Å². The van der Waals surface area contributed by atoms with Crippen molar-refractivity contribution in [2.45, 2.75) is 52.0 Å². The molecule has 0 aromatic carbocycles. The second-order valence-corrected chi connectivity index (χ2v) is 8.20. The molecular formula is C21H33N5O. The Morgan fingerprint density at radius 2 is 1.89 bits per heavy atom. The minimum absolute atomic E-state index is 0.397. The molecule has 0 amide bonds. The van der Waals surface area contributed by atoms with Gasteiger partial charge in [-0.1, -0.05) is 6.92 Å². The van der Waals surface area contributed by atoms with E-state index in [4.69, 9.17) is 14.7 Å². The van der Waals surface area contributed by atoms with Gasteiger partial charge < -0.3 is 19.1 Å². The van der Waals surface area contributed by atoms with Gasteiger partial charge in [0.1, 0.15) is 5.52 Å². The predicted molar refractivity (Wildman–Crippen MR) is 110 cm³/mol. The Kier molecular flexibility index (Phi) is 5.64. The lowest BCUT2D eigenvalue weighted by molar-refractivity contribution is 0.122. The molecule has 2 aliphatic heterocycles. The summed E-state index contributed by atoms with van der Waals surface area (Å²) in [6.45, 7) is 13.6. The molecule has 2 fully saturated rings. The molecule has 6 nitrogen and oxygen atoms in total. The van der Waals surface area contributed by atoms with Gasteiger partial charge in [0.05, 0.1) is 25.1 Å². The van der Waals surface area contributed by atoms with Gasteiger partial charge in [0.2, 0.25) is 0 Å². The molecular weight excluding hydrogens is 338 g/mol. The number of fused-ring (bicyclic) bond motifs is 1. The monoisotopic (exact) mass is 371 g/mol. The Bertz CT molecular complexity index is 757. The summed E-state index contributed by atoms with van der Waals surface area (Å²) in [5.74, 6) is 1.61. The van der Waals surface area contributed by atoms with Crippen molar-refractivity contribution < 1.29 is 4.74 Å². The van der Waals surface area contributed by atoms with Crippen molar-refractivity contribution in [1.29, 1.82) is 0 Å². The normalized spacial score (nSPS) is 20.1. The van der Waals surface area contributed by atoms with Crippen molar-refractivity contribution in [3.05, 3.63) is 18.1 Å². The average Bonchev–Trinajstić information content (AvgIpc) is 3.13. The van der Waals surface area contributed by atoms with Gasteiger partial charge in [-0.2, -0.15) is 0 Å². The first kappa shape index (κ1) is 18.7. The fraction of sp³-hybridized carbons (Fsp3) is 0.714. The standard InChI is InChI=1S/C21H33N5O/c1-4-7-24-8-5-17(6-9-24)18-14-19-20(22-15-26(19)16(2)3)21(23-18)25-10-12-27-13-11-25/h14-17H,4-13H2,1-3H3. The van der Waals surface area contributed by atoms with Crippen LogP contribution in [-0.2, 0) is 4.74 Å². The summed E-state index contributed by atoms with van der Waals surface area (Å²) in [6, 6.07) is 2.71. The molecule has 0 bridgehead atoms. The molecule has 27 heavy (non-hydrogen) atoms. The number of nitrogens with zero attached hydrogens (tertiary/aromatic N) is 5. The Hall–Kier alpha value is -1.66. The third kappa shape index (κ3) is 3.83. The Labute approximate surface area is 162 Å². The fourth-order valence-electron chi connectivity index (χ4n) is 4.42. The smallest absolute Gasteiger partial charge is 0.157 e. The van der Waals surface area contributed by atoms with Crippen molar-refractivity contribution in [2.24, 2.45) is 0 Å².